The number of benzene rings is 1. The lowest BCUT2D eigenvalue weighted by molar-refractivity contribution is -0.0300. The van der Waals surface area contributed by atoms with Crippen LogP contribution in [0.15, 0.2) is 18.2 Å². The first-order chi connectivity index (χ1) is 8.00. The Morgan fingerprint density at radius 2 is 2.06 bits per heavy atom. The monoisotopic (exact) mass is 237 g/mol. The number of aromatic hydroxyl groups is 2. The lowest BCUT2D eigenvalue weighted by Gasteiger charge is -2.36. The molecule has 1 fully saturated rings. The van der Waals surface area contributed by atoms with Crippen LogP contribution in [0.4, 0.5) is 0 Å². The van der Waals surface area contributed by atoms with Crippen molar-refractivity contribution in [3.63, 3.8) is 0 Å². The van der Waals surface area contributed by atoms with Crippen molar-refractivity contribution in [3.8, 4) is 11.5 Å². The minimum absolute atomic E-state index is 0.00734. The third-order valence-electron chi connectivity index (χ3n) is 3.09. The number of aliphatic hydroxyl groups is 1. The van der Waals surface area contributed by atoms with Gasteiger partial charge in [-0.1, -0.05) is 0 Å². The van der Waals surface area contributed by atoms with Crippen molar-refractivity contribution in [2.24, 2.45) is 0 Å². The van der Waals surface area contributed by atoms with Gasteiger partial charge in [-0.2, -0.15) is 0 Å². The van der Waals surface area contributed by atoms with Gasteiger partial charge in [0, 0.05) is 6.54 Å². The standard InChI is InChI=1S/C12H15NO4/c14-8-2-3-10(15)9(6-8)11(16)13-7-12(17)4-1-5-12/h2-3,6,14-15,17H,1,4-5,7H2,(H,13,16). The second-order valence-electron chi connectivity index (χ2n) is 4.46. The molecule has 0 radical (unpaired) electrons. The summed E-state index contributed by atoms with van der Waals surface area (Å²) in [4.78, 5) is 11.7. The molecule has 0 atom stereocenters. The zero-order chi connectivity index (χ0) is 12.5. The van der Waals surface area contributed by atoms with Crippen molar-refractivity contribution >= 4 is 5.91 Å². The number of phenolic OH excluding ortho intramolecular Hbond substituents is 2. The maximum absolute atomic E-state index is 11.7. The van der Waals surface area contributed by atoms with E-state index in [1.165, 1.54) is 18.2 Å². The Kier molecular flexibility index (Phi) is 2.93. The van der Waals surface area contributed by atoms with E-state index in [1.807, 2.05) is 0 Å². The highest BCUT2D eigenvalue weighted by molar-refractivity contribution is 5.97. The molecule has 2 rings (SSSR count). The molecule has 1 amide bonds. The fraction of sp³-hybridized carbons (Fsp3) is 0.417. The van der Waals surface area contributed by atoms with Crippen LogP contribution in [-0.2, 0) is 0 Å². The summed E-state index contributed by atoms with van der Waals surface area (Å²) in [7, 11) is 0. The molecule has 0 aliphatic heterocycles. The zero-order valence-electron chi connectivity index (χ0n) is 9.31. The number of rotatable bonds is 3. The molecule has 0 heterocycles. The minimum atomic E-state index is -0.803. The van der Waals surface area contributed by atoms with E-state index in [2.05, 4.69) is 5.32 Å². The Morgan fingerprint density at radius 3 is 2.65 bits per heavy atom. The highest BCUT2D eigenvalue weighted by Crippen LogP contribution is 2.31. The number of hydrogen-bond acceptors (Lipinski definition) is 4. The number of nitrogens with one attached hydrogen (secondary N) is 1. The van der Waals surface area contributed by atoms with Gasteiger partial charge in [0.15, 0.2) is 0 Å². The van der Waals surface area contributed by atoms with Crippen molar-refractivity contribution in [1.29, 1.82) is 0 Å². The Labute approximate surface area is 98.7 Å². The fourth-order valence-corrected chi connectivity index (χ4v) is 1.81. The van der Waals surface area contributed by atoms with E-state index in [9.17, 15) is 20.1 Å². The topological polar surface area (TPSA) is 89.8 Å². The second-order valence-corrected chi connectivity index (χ2v) is 4.46. The molecule has 5 nitrogen and oxygen atoms in total. The van der Waals surface area contributed by atoms with Crippen LogP contribution in [0.3, 0.4) is 0 Å². The van der Waals surface area contributed by atoms with Crippen LogP contribution in [-0.4, -0.2) is 33.4 Å². The number of carbonyl (C=O) groups excluding carboxylic acids is 1. The molecule has 0 aromatic heterocycles. The van der Waals surface area contributed by atoms with E-state index < -0.39 is 11.5 Å². The van der Waals surface area contributed by atoms with Crippen LogP contribution in [0.25, 0.3) is 0 Å². The number of carbonyl (C=O) groups is 1. The van der Waals surface area contributed by atoms with Crippen LogP contribution in [0.5, 0.6) is 11.5 Å². The predicted octanol–water partition coefficient (Wildman–Crippen LogP) is 0.743. The van der Waals surface area contributed by atoms with Crippen molar-refractivity contribution in [3.05, 3.63) is 23.8 Å². The van der Waals surface area contributed by atoms with Crippen LogP contribution in [0.1, 0.15) is 29.6 Å². The first-order valence-corrected chi connectivity index (χ1v) is 5.53. The molecule has 0 unspecified atom stereocenters. The van der Waals surface area contributed by atoms with Gasteiger partial charge in [0.2, 0.25) is 0 Å². The number of amides is 1. The first-order valence-electron chi connectivity index (χ1n) is 5.53. The van der Waals surface area contributed by atoms with Gasteiger partial charge in [-0.25, -0.2) is 0 Å². The number of hydrogen-bond donors (Lipinski definition) is 4. The maximum Gasteiger partial charge on any atom is 0.255 e. The number of phenols is 2. The Hall–Kier alpha value is -1.75. The van der Waals surface area contributed by atoms with Crippen molar-refractivity contribution in [1.82, 2.24) is 5.32 Å². The first kappa shape index (κ1) is 11.7. The average molecular weight is 237 g/mol. The summed E-state index contributed by atoms with van der Waals surface area (Å²) in [5.41, 5.74) is -0.796. The van der Waals surface area contributed by atoms with Gasteiger partial charge in [0.25, 0.3) is 5.91 Å². The van der Waals surface area contributed by atoms with Crippen LogP contribution < -0.4 is 5.32 Å². The van der Waals surface area contributed by atoms with Gasteiger partial charge in [-0.3, -0.25) is 4.79 Å². The zero-order valence-corrected chi connectivity index (χ0v) is 9.31. The van der Waals surface area contributed by atoms with Gasteiger partial charge in [0.05, 0.1) is 11.2 Å². The molecule has 5 heteroatoms. The third-order valence-corrected chi connectivity index (χ3v) is 3.09. The molecule has 1 aromatic rings. The van der Waals surface area contributed by atoms with Crippen LogP contribution in [0.2, 0.25) is 0 Å². The van der Waals surface area contributed by atoms with Crippen molar-refractivity contribution in [2.45, 2.75) is 24.9 Å². The second kappa shape index (κ2) is 4.25. The Balaban J connectivity index is 2.01. The van der Waals surface area contributed by atoms with Gasteiger partial charge in [-0.05, 0) is 37.5 Å². The van der Waals surface area contributed by atoms with Gasteiger partial charge in [0.1, 0.15) is 11.5 Å². The summed E-state index contributed by atoms with van der Waals surface area (Å²) < 4.78 is 0. The molecule has 0 bridgehead atoms. The molecule has 1 aliphatic carbocycles. The molecule has 92 valence electrons. The fourth-order valence-electron chi connectivity index (χ4n) is 1.81. The Bertz CT molecular complexity index is 440. The van der Waals surface area contributed by atoms with Gasteiger partial charge < -0.3 is 20.6 Å². The largest absolute Gasteiger partial charge is 0.508 e. The van der Waals surface area contributed by atoms with Crippen molar-refractivity contribution < 1.29 is 20.1 Å². The van der Waals surface area contributed by atoms with Gasteiger partial charge >= 0.3 is 0 Å². The Morgan fingerprint density at radius 1 is 1.35 bits per heavy atom. The summed E-state index contributed by atoms with van der Waals surface area (Å²) in [5, 5.41) is 31.1. The minimum Gasteiger partial charge on any atom is -0.508 e. The lowest BCUT2D eigenvalue weighted by Crippen LogP contribution is -2.47. The molecule has 0 saturated heterocycles. The normalized spacial score (nSPS) is 17.2. The predicted molar refractivity (Wildman–Crippen MR) is 60.9 cm³/mol. The van der Waals surface area contributed by atoms with E-state index in [0.717, 1.165) is 6.42 Å². The lowest BCUT2D eigenvalue weighted by atomic mass is 9.80. The highest BCUT2D eigenvalue weighted by atomic mass is 16.3. The van der Waals surface area contributed by atoms with E-state index in [0.29, 0.717) is 12.8 Å². The molecule has 1 saturated carbocycles. The van der Waals surface area contributed by atoms with Gasteiger partial charge in [-0.15, -0.1) is 0 Å². The SMILES string of the molecule is O=C(NCC1(O)CCC1)c1cc(O)ccc1O. The summed E-state index contributed by atoms with van der Waals surface area (Å²) in [5.74, 6) is -0.782. The molecule has 0 spiro atoms. The van der Waals surface area contributed by atoms with Crippen molar-refractivity contribution in [2.75, 3.05) is 6.54 Å². The average Bonchev–Trinajstić information content (AvgIpc) is 2.26. The van der Waals surface area contributed by atoms with E-state index in [-0.39, 0.29) is 23.6 Å². The summed E-state index contributed by atoms with van der Waals surface area (Å²) in [6.07, 6.45) is 2.32. The molecular formula is C12H15NO4. The van der Waals surface area contributed by atoms with E-state index in [4.69, 9.17) is 0 Å². The smallest absolute Gasteiger partial charge is 0.255 e. The molecule has 1 aliphatic rings. The molecule has 4 N–H and O–H groups in total. The molecule has 17 heavy (non-hydrogen) atoms. The van der Waals surface area contributed by atoms with E-state index >= 15 is 0 Å². The summed E-state index contributed by atoms with van der Waals surface area (Å²) in [6, 6.07) is 3.74. The summed E-state index contributed by atoms with van der Waals surface area (Å²) in [6.45, 7) is 0.168. The van der Waals surface area contributed by atoms with Crippen LogP contribution in [0, 0.1) is 0 Å². The van der Waals surface area contributed by atoms with Crippen LogP contribution >= 0.6 is 0 Å². The highest BCUT2D eigenvalue weighted by Gasteiger charge is 2.34. The van der Waals surface area contributed by atoms with E-state index in [1.54, 1.807) is 0 Å². The molecular weight excluding hydrogens is 222 g/mol. The third kappa shape index (κ3) is 2.50. The quantitative estimate of drug-likeness (QED) is 0.584. The maximum atomic E-state index is 11.7. The summed E-state index contributed by atoms with van der Waals surface area (Å²) >= 11 is 0. The molecule has 1 aromatic carbocycles.